The number of thiazole rings is 1. The lowest BCUT2D eigenvalue weighted by Gasteiger charge is -2.00. The highest BCUT2D eigenvalue weighted by Crippen LogP contribution is 2.25. The maximum Gasteiger partial charge on any atom is 0.256 e. The number of hydrogen-bond acceptors (Lipinski definition) is 4. The van der Waals surface area contributed by atoms with E-state index in [2.05, 4.69) is 9.71 Å². The minimum atomic E-state index is -3.58. The van der Waals surface area contributed by atoms with Gasteiger partial charge in [0.2, 0.25) is 0 Å². The normalized spacial score (nSPS) is 11.7. The third-order valence-electron chi connectivity index (χ3n) is 3.04. The van der Waals surface area contributed by atoms with Crippen molar-refractivity contribution >= 4 is 32.6 Å². The van der Waals surface area contributed by atoms with E-state index >= 15 is 0 Å². The number of nitrogens with one attached hydrogen (secondary N) is 1. The second-order valence-electron chi connectivity index (χ2n) is 4.76. The second-order valence-corrected chi connectivity index (χ2v) is 7.19. The SMILES string of the molecule is O=S(=O)(/C=C/c1ccccc1)Nc1nc(-c2ccccc2)cs1. The second kappa shape index (κ2) is 6.76. The molecule has 1 aromatic heterocycles. The van der Waals surface area contributed by atoms with E-state index in [1.807, 2.05) is 66.0 Å². The van der Waals surface area contributed by atoms with Crippen molar-refractivity contribution in [3.05, 3.63) is 77.0 Å². The topological polar surface area (TPSA) is 59.1 Å². The van der Waals surface area contributed by atoms with Gasteiger partial charge in [-0.2, -0.15) is 0 Å². The molecule has 0 amide bonds. The van der Waals surface area contributed by atoms with Crippen molar-refractivity contribution in [1.82, 2.24) is 4.98 Å². The van der Waals surface area contributed by atoms with E-state index in [-0.39, 0.29) is 0 Å². The van der Waals surface area contributed by atoms with E-state index in [4.69, 9.17) is 0 Å². The fourth-order valence-corrected chi connectivity index (χ4v) is 3.75. The zero-order valence-corrected chi connectivity index (χ0v) is 13.7. The predicted octanol–water partition coefficient (Wildman–Crippen LogP) is 4.22. The summed E-state index contributed by atoms with van der Waals surface area (Å²) in [5.74, 6) is 0. The van der Waals surface area contributed by atoms with Gasteiger partial charge in [0.1, 0.15) is 0 Å². The molecule has 1 heterocycles. The molecule has 1 N–H and O–H groups in total. The summed E-state index contributed by atoms with van der Waals surface area (Å²) in [7, 11) is -3.58. The van der Waals surface area contributed by atoms with Gasteiger partial charge in [0.15, 0.2) is 5.13 Å². The van der Waals surface area contributed by atoms with Crippen molar-refractivity contribution in [2.24, 2.45) is 0 Å². The van der Waals surface area contributed by atoms with E-state index in [0.717, 1.165) is 22.2 Å². The van der Waals surface area contributed by atoms with Crippen LogP contribution >= 0.6 is 11.3 Å². The lowest BCUT2D eigenvalue weighted by Crippen LogP contribution is -2.08. The van der Waals surface area contributed by atoms with Gasteiger partial charge in [0.25, 0.3) is 10.0 Å². The van der Waals surface area contributed by atoms with Gasteiger partial charge in [-0.15, -0.1) is 11.3 Å². The molecule has 116 valence electrons. The molecule has 6 heteroatoms. The van der Waals surface area contributed by atoms with Gasteiger partial charge in [0.05, 0.1) is 11.1 Å². The molecule has 4 nitrogen and oxygen atoms in total. The highest BCUT2D eigenvalue weighted by Gasteiger charge is 2.10. The maximum absolute atomic E-state index is 12.1. The molecule has 23 heavy (non-hydrogen) atoms. The monoisotopic (exact) mass is 342 g/mol. The predicted molar refractivity (Wildman–Crippen MR) is 95.6 cm³/mol. The Balaban J connectivity index is 1.74. The first-order valence-electron chi connectivity index (χ1n) is 6.89. The van der Waals surface area contributed by atoms with Crippen molar-refractivity contribution in [2.75, 3.05) is 4.72 Å². The third kappa shape index (κ3) is 4.28. The van der Waals surface area contributed by atoms with Gasteiger partial charge >= 0.3 is 0 Å². The first-order valence-corrected chi connectivity index (χ1v) is 9.32. The Bertz CT molecular complexity index is 902. The smallest absolute Gasteiger partial charge is 0.255 e. The van der Waals surface area contributed by atoms with E-state index < -0.39 is 10.0 Å². The summed E-state index contributed by atoms with van der Waals surface area (Å²) in [4.78, 5) is 4.32. The molecule has 0 fully saturated rings. The van der Waals surface area contributed by atoms with Crippen LogP contribution in [0.2, 0.25) is 0 Å². The summed E-state index contributed by atoms with van der Waals surface area (Å²) in [6, 6.07) is 18.9. The molecule has 0 spiro atoms. The van der Waals surface area contributed by atoms with Crippen molar-refractivity contribution in [3.63, 3.8) is 0 Å². The van der Waals surface area contributed by atoms with Crippen molar-refractivity contribution in [1.29, 1.82) is 0 Å². The Labute approximate surface area is 139 Å². The molecule has 2 aromatic carbocycles. The maximum atomic E-state index is 12.1. The zero-order valence-electron chi connectivity index (χ0n) is 12.1. The quantitative estimate of drug-likeness (QED) is 0.755. The number of benzene rings is 2. The molecular weight excluding hydrogens is 328 g/mol. The summed E-state index contributed by atoms with van der Waals surface area (Å²) < 4.78 is 26.6. The molecule has 0 bridgehead atoms. The van der Waals surface area contributed by atoms with Gasteiger partial charge < -0.3 is 0 Å². The lowest BCUT2D eigenvalue weighted by atomic mass is 10.2. The molecule has 0 aliphatic carbocycles. The van der Waals surface area contributed by atoms with Gasteiger partial charge in [-0.25, -0.2) is 13.4 Å². The fraction of sp³-hybridized carbons (Fsp3) is 0. The average molecular weight is 342 g/mol. The molecule has 0 saturated carbocycles. The van der Waals surface area contributed by atoms with E-state index in [0.29, 0.717) is 5.13 Å². The zero-order chi connectivity index (χ0) is 16.1. The van der Waals surface area contributed by atoms with Crippen molar-refractivity contribution in [2.45, 2.75) is 0 Å². The summed E-state index contributed by atoms with van der Waals surface area (Å²) in [6.07, 6.45) is 1.55. The highest BCUT2D eigenvalue weighted by molar-refractivity contribution is 7.95. The van der Waals surface area contributed by atoms with Gasteiger partial charge in [-0.1, -0.05) is 60.7 Å². The third-order valence-corrected chi connectivity index (χ3v) is 4.90. The first-order chi connectivity index (χ1) is 11.1. The van der Waals surface area contributed by atoms with Crippen LogP contribution in [-0.2, 0) is 10.0 Å². The molecule has 0 atom stereocenters. The number of sulfonamides is 1. The Kier molecular flexibility index (Phi) is 4.55. The molecule has 0 unspecified atom stereocenters. The Morgan fingerprint density at radius 2 is 1.61 bits per heavy atom. The molecule has 0 aliphatic heterocycles. The van der Waals surface area contributed by atoms with Gasteiger partial charge in [0, 0.05) is 10.9 Å². The first kappa shape index (κ1) is 15.5. The van der Waals surface area contributed by atoms with Crippen LogP contribution in [0.5, 0.6) is 0 Å². The van der Waals surface area contributed by atoms with E-state index in [9.17, 15) is 8.42 Å². The van der Waals surface area contributed by atoms with Crippen LogP contribution < -0.4 is 4.72 Å². The standard InChI is InChI=1S/C17H14N2O2S2/c20-23(21,12-11-14-7-3-1-4-8-14)19-17-18-16(13-22-17)15-9-5-2-6-10-15/h1-13H,(H,18,19)/b12-11+. The number of aromatic nitrogens is 1. The lowest BCUT2D eigenvalue weighted by molar-refractivity contribution is 0.609. The van der Waals surface area contributed by atoms with Gasteiger partial charge in [-0.05, 0) is 11.6 Å². The number of nitrogens with zero attached hydrogens (tertiary/aromatic N) is 1. The number of hydrogen-bond donors (Lipinski definition) is 1. The molecule has 0 aliphatic rings. The van der Waals surface area contributed by atoms with E-state index in [1.165, 1.54) is 11.3 Å². The van der Waals surface area contributed by atoms with Crippen LogP contribution in [0.4, 0.5) is 5.13 Å². The average Bonchev–Trinajstić information content (AvgIpc) is 3.03. The number of anilines is 1. The summed E-state index contributed by atoms with van der Waals surface area (Å²) in [6.45, 7) is 0. The summed E-state index contributed by atoms with van der Waals surface area (Å²) >= 11 is 1.26. The minimum Gasteiger partial charge on any atom is -0.255 e. The largest absolute Gasteiger partial charge is 0.256 e. The van der Waals surface area contributed by atoms with Crippen LogP contribution in [0, 0.1) is 0 Å². The highest BCUT2D eigenvalue weighted by atomic mass is 32.2. The Morgan fingerprint density at radius 3 is 2.30 bits per heavy atom. The van der Waals surface area contributed by atoms with E-state index in [1.54, 1.807) is 6.08 Å². The summed E-state index contributed by atoms with van der Waals surface area (Å²) in [5, 5.41) is 3.32. The van der Waals surface area contributed by atoms with Crippen LogP contribution in [0.1, 0.15) is 5.56 Å². The fourth-order valence-electron chi connectivity index (χ4n) is 1.95. The van der Waals surface area contributed by atoms with Crippen LogP contribution in [-0.4, -0.2) is 13.4 Å². The molecule has 0 radical (unpaired) electrons. The minimum absolute atomic E-state index is 0.349. The van der Waals surface area contributed by atoms with Crippen LogP contribution in [0.3, 0.4) is 0 Å². The van der Waals surface area contributed by atoms with Crippen molar-refractivity contribution < 1.29 is 8.42 Å². The van der Waals surface area contributed by atoms with Crippen LogP contribution in [0.25, 0.3) is 17.3 Å². The Hall–Kier alpha value is -2.44. The molecule has 0 saturated heterocycles. The van der Waals surface area contributed by atoms with Crippen LogP contribution in [0.15, 0.2) is 71.5 Å². The number of rotatable bonds is 5. The molecule has 3 aromatic rings. The van der Waals surface area contributed by atoms with Crippen molar-refractivity contribution in [3.8, 4) is 11.3 Å². The summed E-state index contributed by atoms with van der Waals surface area (Å²) in [5.41, 5.74) is 2.52. The molecular formula is C17H14N2O2S2. The molecule has 3 rings (SSSR count). The van der Waals surface area contributed by atoms with Gasteiger partial charge in [-0.3, -0.25) is 4.72 Å². The Morgan fingerprint density at radius 1 is 0.957 bits per heavy atom.